The third-order valence-corrected chi connectivity index (χ3v) is 4.60. The maximum atomic E-state index is 13.1. The van der Waals surface area contributed by atoms with E-state index in [9.17, 15) is 39.6 Å². The Balaban J connectivity index is 2.26. The summed E-state index contributed by atoms with van der Waals surface area (Å²) in [6.45, 7) is -2.73. The van der Waals surface area contributed by atoms with Crippen molar-refractivity contribution in [2.75, 3.05) is 13.4 Å². The van der Waals surface area contributed by atoms with E-state index < -0.39 is 53.6 Å². The van der Waals surface area contributed by atoms with Gasteiger partial charge in [0.05, 0.1) is 12.2 Å². The summed E-state index contributed by atoms with van der Waals surface area (Å²) in [5.41, 5.74) is -5.23. The minimum Gasteiger partial charge on any atom is -0.394 e. The zero-order valence-electron chi connectivity index (χ0n) is 14.3. The van der Waals surface area contributed by atoms with Gasteiger partial charge in [-0.25, -0.2) is 13.8 Å². The van der Waals surface area contributed by atoms with Gasteiger partial charge < -0.3 is 30.4 Å². The molecule has 0 spiro atoms. The van der Waals surface area contributed by atoms with Crippen LogP contribution in [0.25, 0.3) is 11.1 Å². The van der Waals surface area contributed by atoms with Gasteiger partial charge in [0.2, 0.25) is 5.72 Å². The lowest BCUT2D eigenvalue weighted by Crippen LogP contribution is -2.68. The van der Waals surface area contributed by atoms with Crippen LogP contribution in [0.2, 0.25) is 0 Å². The second-order valence-electron chi connectivity index (χ2n) is 6.18. The first-order chi connectivity index (χ1) is 13.2. The Morgan fingerprint density at radius 2 is 1.89 bits per heavy atom. The van der Waals surface area contributed by atoms with Gasteiger partial charge in [-0.2, -0.15) is 0 Å². The van der Waals surface area contributed by atoms with Crippen molar-refractivity contribution in [2.24, 2.45) is 0 Å². The molecule has 0 amide bonds. The summed E-state index contributed by atoms with van der Waals surface area (Å²) < 4.78 is 18.4. The highest BCUT2D eigenvalue weighted by Crippen LogP contribution is 2.43. The second-order valence-corrected chi connectivity index (χ2v) is 6.18. The summed E-state index contributed by atoms with van der Waals surface area (Å²) in [4.78, 5) is 26.4. The molecule has 1 fully saturated rings. The van der Waals surface area contributed by atoms with E-state index in [2.05, 4.69) is 0 Å². The van der Waals surface area contributed by atoms with Crippen LogP contribution < -0.4 is 11.2 Å². The number of nitrogens with zero attached hydrogens (tertiary/aromatic N) is 2. The molecule has 0 radical (unpaired) electrons. The fourth-order valence-corrected chi connectivity index (χ4v) is 3.12. The van der Waals surface area contributed by atoms with Crippen LogP contribution in [0.1, 0.15) is 0 Å². The number of alkyl halides is 1. The number of benzene rings is 1. The lowest BCUT2D eigenvalue weighted by Gasteiger charge is -2.40. The number of H-pyrrole nitrogens is 1. The Labute approximate surface area is 156 Å². The Morgan fingerprint density at radius 1 is 1.25 bits per heavy atom. The smallest absolute Gasteiger partial charge is 0.332 e. The molecule has 0 saturated carbocycles. The van der Waals surface area contributed by atoms with Crippen LogP contribution in [-0.2, 0) is 10.6 Å². The monoisotopic (exact) mass is 399 g/mol. The first-order valence-corrected chi connectivity index (χ1v) is 8.06. The summed E-state index contributed by atoms with van der Waals surface area (Å²) in [6.07, 6.45) is -3.11. The van der Waals surface area contributed by atoms with Crippen LogP contribution in [0.15, 0.2) is 46.1 Å². The highest BCUT2D eigenvalue weighted by Gasteiger charge is 2.70. The number of rotatable bonds is 5. The lowest BCUT2D eigenvalue weighted by molar-refractivity contribution is -0.416. The van der Waals surface area contributed by atoms with Gasteiger partial charge in [0, 0.05) is 6.20 Å². The molecule has 0 bridgehead atoms. The Morgan fingerprint density at radius 3 is 2.46 bits per heavy atom. The van der Waals surface area contributed by atoms with E-state index >= 15 is 0 Å². The molecule has 1 aliphatic heterocycles. The number of hydroxylamine groups is 2. The summed E-state index contributed by atoms with van der Waals surface area (Å²) in [5.74, 6) is -3.27. The summed E-state index contributed by atoms with van der Waals surface area (Å²) in [7, 11) is 0. The Hall–Kier alpha value is -2.45. The molecule has 4 atom stereocenters. The molecule has 1 aliphatic rings. The number of halogens is 1. The highest BCUT2D eigenvalue weighted by molar-refractivity contribution is 5.61. The average molecular weight is 399 g/mol. The van der Waals surface area contributed by atoms with Gasteiger partial charge in [-0.3, -0.25) is 9.78 Å². The predicted molar refractivity (Wildman–Crippen MR) is 89.5 cm³/mol. The molecular weight excluding hydrogens is 381 g/mol. The summed E-state index contributed by atoms with van der Waals surface area (Å²) >= 11 is 0. The first-order valence-electron chi connectivity index (χ1n) is 8.06. The maximum absolute atomic E-state index is 13.1. The van der Waals surface area contributed by atoms with E-state index in [1.807, 2.05) is 4.98 Å². The Kier molecular flexibility index (Phi) is 5.20. The molecule has 2 aromatic rings. The zero-order valence-corrected chi connectivity index (χ0v) is 14.3. The van der Waals surface area contributed by atoms with Gasteiger partial charge in [-0.05, 0) is 5.56 Å². The Bertz CT molecular complexity index is 966. The second kappa shape index (κ2) is 7.18. The van der Waals surface area contributed by atoms with E-state index in [0.29, 0.717) is 5.56 Å². The van der Waals surface area contributed by atoms with E-state index in [-0.39, 0.29) is 10.1 Å². The first kappa shape index (κ1) is 20.3. The number of aliphatic hydroxyl groups excluding tert-OH is 2. The van der Waals surface area contributed by atoms with Crippen LogP contribution in [0.4, 0.5) is 4.39 Å². The molecule has 12 heteroatoms. The standard InChI is InChI=1S/C16H18FN3O8/c17-8-20(27)15(25)12(22)11(7-21)28-16(15,26)19-6-10(13(23)18-14(19)24)9-4-2-1-3-5-9/h1-6,11-12,21-22,25-27H,7-8H2,(H,18,23,24)/t11-,12-,15-,16-/m1/s1. The van der Waals surface area contributed by atoms with Crippen molar-refractivity contribution in [3.8, 4) is 11.1 Å². The van der Waals surface area contributed by atoms with Crippen LogP contribution in [0, 0.1) is 0 Å². The number of nitrogens with one attached hydrogen (secondary N) is 1. The molecular formula is C16H18FN3O8. The normalized spacial score (nSPS) is 30.1. The maximum Gasteiger partial charge on any atom is 0.332 e. The topological polar surface area (TPSA) is 168 Å². The van der Waals surface area contributed by atoms with E-state index in [4.69, 9.17) is 4.74 Å². The van der Waals surface area contributed by atoms with Crippen molar-refractivity contribution >= 4 is 0 Å². The molecule has 1 aromatic heterocycles. The van der Waals surface area contributed by atoms with Gasteiger partial charge in [0.1, 0.15) is 12.2 Å². The molecule has 28 heavy (non-hydrogen) atoms. The van der Waals surface area contributed by atoms with Crippen molar-refractivity contribution in [1.29, 1.82) is 0 Å². The van der Waals surface area contributed by atoms with Crippen molar-refractivity contribution in [1.82, 2.24) is 14.6 Å². The number of hydrogen-bond donors (Lipinski definition) is 6. The fourth-order valence-electron chi connectivity index (χ4n) is 3.12. The molecule has 1 aromatic carbocycles. The summed E-state index contributed by atoms with van der Waals surface area (Å²) in [5, 5.41) is 50.4. The summed E-state index contributed by atoms with van der Waals surface area (Å²) in [6, 6.07) is 7.93. The zero-order chi connectivity index (χ0) is 20.7. The van der Waals surface area contributed by atoms with Crippen molar-refractivity contribution in [3.05, 3.63) is 57.4 Å². The van der Waals surface area contributed by atoms with Gasteiger partial charge in [-0.1, -0.05) is 30.3 Å². The number of aliphatic hydroxyl groups is 4. The van der Waals surface area contributed by atoms with Crippen LogP contribution in [0.5, 0.6) is 0 Å². The van der Waals surface area contributed by atoms with E-state index in [0.717, 1.165) is 6.20 Å². The van der Waals surface area contributed by atoms with Crippen LogP contribution in [0.3, 0.4) is 0 Å². The number of ether oxygens (including phenoxy) is 1. The largest absolute Gasteiger partial charge is 0.394 e. The molecule has 6 N–H and O–H groups in total. The predicted octanol–water partition coefficient (Wildman–Crippen LogP) is -2.13. The van der Waals surface area contributed by atoms with Gasteiger partial charge in [-0.15, -0.1) is 5.06 Å². The number of hydrogen-bond acceptors (Lipinski definition) is 9. The van der Waals surface area contributed by atoms with Gasteiger partial charge in [0.25, 0.3) is 5.56 Å². The molecule has 0 aliphatic carbocycles. The fraction of sp³-hybridized carbons (Fsp3) is 0.375. The molecule has 1 saturated heterocycles. The van der Waals surface area contributed by atoms with Crippen LogP contribution >= 0.6 is 0 Å². The minimum absolute atomic E-state index is 0.133. The SMILES string of the molecule is O=c1[nH]c(=O)n([C@]2(O)O[C@H](CO)[C@@H](O)[C@]2(O)N(O)CF)cc1-c1ccccc1. The molecule has 0 unspecified atom stereocenters. The van der Waals surface area contributed by atoms with Crippen molar-refractivity contribution in [2.45, 2.75) is 23.8 Å². The van der Waals surface area contributed by atoms with Crippen molar-refractivity contribution < 1.29 is 34.8 Å². The van der Waals surface area contributed by atoms with E-state index in [1.54, 1.807) is 18.2 Å². The van der Waals surface area contributed by atoms with E-state index in [1.165, 1.54) is 12.1 Å². The van der Waals surface area contributed by atoms with Crippen molar-refractivity contribution in [3.63, 3.8) is 0 Å². The van der Waals surface area contributed by atoms with Crippen LogP contribution in [-0.4, -0.2) is 71.6 Å². The van der Waals surface area contributed by atoms with Gasteiger partial charge in [0.15, 0.2) is 6.80 Å². The number of aromatic nitrogens is 2. The highest BCUT2D eigenvalue weighted by atomic mass is 19.1. The lowest BCUT2D eigenvalue weighted by atomic mass is 10.0. The average Bonchev–Trinajstić information content (AvgIpc) is 2.90. The minimum atomic E-state index is -3.30. The number of aromatic amines is 1. The quantitative estimate of drug-likeness (QED) is 0.187. The van der Waals surface area contributed by atoms with Gasteiger partial charge >= 0.3 is 11.6 Å². The molecule has 11 nitrogen and oxygen atoms in total. The molecule has 3 rings (SSSR count). The molecule has 152 valence electrons. The third kappa shape index (κ3) is 2.79. The third-order valence-electron chi connectivity index (χ3n) is 4.60. The molecule has 2 heterocycles.